The second-order valence-electron chi connectivity index (χ2n) is 5.83. The molecule has 2 aromatic carbocycles. The number of alkyl halides is 3. The molecule has 0 aliphatic carbocycles. The van der Waals surface area contributed by atoms with Crippen LogP contribution in [0.5, 0.6) is 5.75 Å². The Hall–Kier alpha value is -3.29. The molecule has 1 aromatic heterocycles. The van der Waals surface area contributed by atoms with Crippen molar-refractivity contribution in [1.82, 2.24) is 15.1 Å². The first-order valence-corrected chi connectivity index (χ1v) is 8.06. The van der Waals surface area contributed by atoms with Gasteiger partial charge in [0.25, 0.3) is 0 Å². The Morgan fingerprint density at radius 2 is 1.89 bits per heavy atom. The highest BCUT2D eigenvalue weighted by Crippen LogP contribution is 2.37. The van der Waals surface area contributed by atoms with Crippen LogP contribution in [0, 0.1) is 6.92 Å². The van der Waals surface area contributed by atoms with Gasteiger partial charge in [0, 0.05) is 6.54 Å². The van der Waals surface area contributed by atoms with Crippen molar-refractivity contribution in [2.75, 3.05) is 0 Å². The molecule has 3 rings (SSSR count). The molecule has 0 spiro atoms. The number of carbonyl (C=O) groups is 1. The number of rotatable bonds is 4. The summed E-state index contributed by atoms with van der Waals surface area (Å²) >= 11 is 0. The molecule has 1 amide bonds. The predicted molar refractivity (Wildman–Crippen MR) is 92.6 cm³/mol. The van der Waals surface area contributed by atoms with Gasteiger partial charge in [-0.15, -0.1) is 0 Å². The number of para-hydroxylation sites is 1. The molecule has 27 heavy (non-hydrogen) atoms. The maximum absolute atomic E-state index is 13.5. The van der Waals surface area contributed by atoms with E-state index in [2.05, 4.69) is 10.4 Å². The van der Waals surface area contributed by atoms with Crippen molar-refractivity contribution in [2.45, 2.75) is 19.6 Å². The molecule has 3 aromatic rings. The Bertz CT molecular complexity index is 937. The third-order valence-corrected chi connectivity index (χ3v) is 3.73. The normalized spacial score (nSPS) is 11.3. The largest absolute Gasteiger partial charge is 0.437 e. The second kappa shape index (κ2) is 7.53. The number of nitrogens with one attached hydrogen (secondary N) is 1. The lowest BCUT2D eigenvalue weighted by atomic mass is 10.1. The fourth-order valence-electron chi connectivity index (χ4n) is 2.57. The van der Waals surface area contributed by atoms with Crippen molar-refractivity contribution in [1.29, 1.82) is 0 Å². The van der Waals surface area contributed by atoms with E-state index in [9.17, 15) is 18.0 Å². The molecular weight excluding hydrogens is 359 g/mol. The summed E-state index contributed by atoms with van der Waals surface area (Å²) in [7, 11) is 0. The molecule has 1 N–H and O–H groups in total. The van der Waals surface area contributed by atoms with Gasteiger partial charge in [-0.25, -0.2) is 9.48 Å². The van der Waals surface area contributed by atoms with Crippen LogP contribution in [0.4, 0.5) is 18.0 Å². The van der Waals surface area contributed by atoms with Crippen molar-refractivity contribution in [3.8, 4) is 11.4 Å². The van der Waals surface area contributed by atoms with Gasteiger partial charge in [-0.2, -0.15) is 18.3 Å². The van der Waals surface area contributed by atoms with E-state index in [1.165, 1.54) is 12.1 Å². The van der Waals surface area contributed by atoms with Crippen molar-refractivity contribution < 1.29 is 22.7 Å². The number of carbonyl (C=O) groups excluding carboxylic acids is 1. The van der Waals surface area contributed by atoms with Crippen LogP contribution in [0.25, 0.3) is 5.69 Å². The van der Waals surface area contributed by atoms with Gasteiger partial charge in [0.05, 0.1) is 11.9 Å². The second-order valence-corrected chi connectivity index (χ2v) is 5.83. The molecule has 1 heterocycles. The van der Waals surface area contributed by atoms with E-state index in [1.807, 2.05) is 25.1 Å². The summed E-state index contributed by atoms with van der Waals surface area (Å²) in [5.74, 6) is -0.659. The molecule has 0 saturated heterocycles. The Kier molecular flexibility index (Phi) is 5.16. The summed E-state index contributed by atoms with van der Waals surface area (Å²) in [6.45, 7) is 2.03. The average molecular weight is 375 g/mol. The zero-order chi connectivity index (χ0) is 19.4. The minimum atomic E-state index is -4.75. The van der Waals surface area contributed by atoms with E-state index < -0.39 is 23.7 Å². The Labute approximate surface area is 153 Å². The standard InChI is InChI=1S/C19H16F3N3O2/c1-13-6-5-7-14(10-13)11-23-18(26)27-16-12-24-25(17(16)19(20,21)22)15-8-3-2-4-9-15/h2-10,12H,11H2,1H3,(H,23,26). The summed E-state index contributed by atoms with van der Waals surface area (Å²) in [4.78, 5) is 12.0. The number of halogens is 3. The Balaban J connectivity index is 1.78. The van der Waals surface area contributed by atoms with Crippen LogP contribution in [0.2, 0.25) is 0 Å². The molecular formula is C19H16F3N3O2. The lowest BCUT2D eigenvalue weighted by Crippen LogP contribution is -2.27. The maximum atomic E-state index is 13.5. The Morgan fingerprint density at radius 3 is 2.56 bits per heavy atom. The molecule has 8 heteroatoms. The molecule has 0 unspecified atom stereocenters. The van der Waals surface area contributed by atoms with E-state index in [0.29, 0.717) is 4.68 Å². The van der Waals surface area contributed by atoms with E-state index in [0.717, 1.165) is 17.3 Å². The summed E-state index contributed by atoms with van der Waals surface area (Å²) in [6, 6.07) is 15.2. The maximum Gasteiger partial charge on any atom is 0.437 e. The van der Waals surface area contributed by atoms with Gasteiger partial charge in [0.1, 0.15) is 0 Å². The number of hydrogen-bond acceptors (Lipinski definition) is 3. The lowest BCUT2D eigenvalue weighted by Gasteiger charge is -2.13. The van der Waals surface area contributed by atoms with Gasteiger partial charge in [-0.3, -0.25) is 0 Å². The third kappa shape index (κ3) is 4.46. The summed E-state index contributed by atoms with van der Waals surface area (Å²) in [5, 5.41) is 6.16. The number of nitrogens with zero attached hydrogens (tertiary/aromatic N) is 2. The summed E-state index contributed by atoms with van der Waals surface area (Å²) < 4.78 is 46.1. The molecule has 0 aliphatic heterocycles. The van der Waals surface area contributed by atoms with E-state index in [1.54, 1.807) is 24.3 Å². The van der Waals surface area contributed by atoms with Crippen molar-refractivity contribution in [3.05, 3.63) is 77.6 Å². The SMILES string of the molecule is Cc1cccc(CNC(=O)Oc2cnn(-c3ccccc3)c2C(F)(F)F)c1. The van der Waals surface area contributed by atoms with Gasteiger partial charge in [0.15, 0.2) is 11.4 Å². The number of aryl methyl sites for hydroxylation is 1. The van der Waals surface area contributed by atoms with E-state index in [-0.39, 0.29) is 12.2 Å². The van der Waals surface area contributed by atoms with Gasteiger partial charge >= 0.3 is 12.3 Å². The summed E-state index contributed by atoms with van der Waals surface area (Å²) in [5.41, 5.74) is 0.869. The summed E-state index contributed by atoms with van der Waals surface area (Å²) in [6.07, 6.45) is -4.87. The topological polar surface area (TPSA) is 56.1 Å². The number of ether oxygens (including phenoxy) is 1. The third-order valence-electron chi connectivity index (χ3n) is 3.73. The minimum Gasteiger partial charge on any atom is -0.406 e. The first-order chi connectivity index (χ1) is 12.8. The number of benzene rings is 2. The molecule has 0 fully saturated rings. The number of amides is 1. The van der Waals surface area contributed by atoms with E-state index >= 15 is 0 Å². The molecule has 140 valence electrons. The van der Waals surface area contributed by atoms with Crippen LogP contribution in [-0.2, 0) is 12.7 Å². The van der Waals surface area contributed by atoms with Crippen LogP contribution in [0.1, 0.15) is 16.8 Å². The lowest BCUT2D eigenvalue weighted by molar-refractivity contribution is -0.143. The Morgan fingerprint density at radius 1 is 1.15 bits per heavy atom. The quantitative estimate of drug-likeness (QED) is 0.731. The molecule has 0 saturated carbocycles. The number of hydrogen-bond donors (Lipinski definition) is 1. The van der Waals surface area contributed by atoms with Crippen molar-refractivity contribution in [3.63, 3.8) is 0 Å². The van der Waals surface area contributed by atoms with Crippen LogP contribution >= 0.6 is 0 Å². The van der Waals surface area contributed by atoms with Crippen molar-refractivity contribution in [2.24, 2.45) is 0 Å². The molecule has 0 atom stereocenters. The van der Waals surface area contributed by atoms with Crippen LogP contribution in [-0.4, -0.2) is 15.9 Å². The highest BCUT2D eigenvalue weighted by atomic mass is 19.4. The number of aromatic nitrogens is 2. The zero-order valence-electron chi connectivity index (χ0n) is 14.3. The van der Waals surface area contributed by atoms with Gasteiger partial charge < -0.3 is 10.1 Å². The van der Waals surface area contributed by atoms with Gasteiger partial charge in [0.2, 0.25) is 0 Å². The molecule has 0 aliphatic rings. The van der Waals surface area contributed by atoms with Gasteiger partial charge in [-0.1, -0.05) is 48.0 Å². The highest BCUT2D eigenvalue weighted by Gasteiger charge is 2.40. The monoisotopic (exact) mass is 375 g/mol. The van der Waals surface area contributed by atoms with Crippen LogP contribution < -0.4 is 10.1 Å². The smallest absolute Gasteiger partial charge is 0.406 e. The van der Waals surface area contributed by atoms with Crippen LogP contribution in [0.3, 0.4) is 0 Å². The molecule has 0 bridgehead atoms. The fraction of sp³-hybridized carbons (Fsp3) is 0.158. The van der Waals surface area contributed by atoms with Crippen LogP contribution in [0.15, 0.2) is 60.8 Å². The zero-order valence-corrected chi connectivity index (χ0v) is 14.3. The highest BCUT2D eigenvalue weighted by molar-refractivity contribution is 5.70. The molecule has 0 radical (unpaired) electrons. The van der Waals surface area contributed by atoms with Crippen molar-refractivity contribution >= 4 is 6.09 Å². The average Bonchev–Trinajstić information content (AvgIpc) is 3.05. The predicted octanol–water partition coefficient (Wildman–Crippen LogP) is 4.49. The molecule has 5 nitrogen and oxygen atoms in total. The first-order valence-electron chi connectivity index (χ1n) is 8.06. The van der Waals surface area contributed by atoms with Gasteiger partial charge in [-0.05, 0) is 24.6 Å². The first kappa shape index (κ1) is 18.5. The fourth-order valence-corrected chi connectivity index (χ4v) is 2.57. The minimum absolute atomic E-state index is 0.134. The van der Waals surface area contributed by atoms with E-state index in [4.69, 9.17) is 4.74 Å².